The summed E-state index contributed by atoms with van der Waals surface area (Å²) in [6.07, 6.45) is 1.31. The van der Waals surface area contributed by atoms with E-state index in [1.54, 1.807) is 0 Å². The summed E-state index contributed by atoms with van der Waals surface area (Å²) in [7, 11) is 1.38. The molecule has 2 heterocycles. The lowest BCUT2D eigenvalue weighted by Gasteiger charge is -2.36. The first-order valence-electron chi connectivity index (χ1n) is 5.92. The molecule has 0 N–H and O–H groups in total. The van der Waals surface area contributed by atoms with Crippen LogP contribution in [-0.2, 0) is 19.2 Å². The molecule has 0 aromatic carbocycles. The van der Waals surface area contributed by atoms with Crippen LogP contribution in [0.15, 0.2) is 24.9 Å². The number of carbonyl (C=O) groups excluding carboxylic acids is 4. The maximum absolute atomic E-state index is 12.2. The van der Waals surface area contributed by atoms with Gasteiger partial charge in [0.1, 0.15) is 0 Å². The van der Waals surface area contributed by atoms with Crippen LogP contribution in [0.25, 0.3) is 0 Å². The number of fused-ring (bicyclic) bond motifs is 4. The first-order chi connectivity index (χ1) is 8.91. The van der Waals surface area contributed by atoms with Gasteiger partial charge in [0.05, 0.1) is 23.7 Å². The standard InChI is InChI=1S/C13H12N2O4/c1-4-5(2)15-12(18)8-6-7(9(8)13(15)19)11(17)14(3)10(6)16/h4,6-9H,1-2H2,3H3. The van der Waals surface area contributed by atoms with Gasteiger partial charge in [0, 0.05) is 12.7 Å². The maximum Gasteiger partial charge on any atom is 0.238 e. The van der Waals surface area contributed by atoms with E-state index in [2.05, 4.69) is 13.2 Å². The molecule has 3 rings (SSSR count). The molecular formula is C13H12N2O4. The summed E-state index contributed by atoms with van der Waals surface area (Å²) < 4.78 is 0. The number of hydrogen-bond acceptors (Lipinski definition) is 4. The zero-order valence-electron chi connectivity index (χ0n) is 10.3. The van der Waals surface area contributed by atoms with E-state index in [-0.39, 0.29) is 17.5 Å². The van der Waals surface area contributed by atoms with Gasteiger partial charge in [-0.05, 0) is 6.08 Å². The molecule has 3 fully saturated rings. The van der Waals surface area contributed by atoms with Crippen LogP contribution < -0.4 is 0 Å². The molecule has 4 amide bonds. The third-order valence-corrected chi connectivity index (χ3v) is 4.31. The van der Waals surface area contributed by atoms with E-state index in [1.807, 2.05) is 0 Å². The van der Waals surface area contributed by atoms with Gasteiger partial charge < -0.3 is 0 Å². The highest BCUT2D eigenvalue weighted by Crippen LogP contribution is 2.56. The maximum atomic E-state index is 12.2. The van der Waals surface area contributed by atoms with Gasteiger partial charge in [0.15, 0.2) is 0 Å². The molecule has 2 aliphatic heterocycles. The molecule has 19 heavy (non-hydrogen) atoms. The number of allylic oxidation sites excluding steroid dienone is 1. The highest BCUT2D eigenvalue weighted by molar-refractivity contribution is 6.18. The Bertz CT molecular complexity index is 539. The summed E-state index contributed by atoms with van der Waals surface area (Å²) in [4.78, 5) is 50.1. The van der Waals surface area contributed by atoms with Gasteiger partial charge in [-0.1, -0.05) is 13.2 Å². The first-order valence-corrected chi connectivity index (χ1v) is 5.92. The quantitative estimate of drug-likeness (QED) is 0.497. The Morgan fingerprint density at radius 1 is 0.947 bits per heavy atom. The van der Waals surface area contributed by atoms with Crippen LogP contribution in [0.2, 0.25) is 0 Å². The second kappa shape index (κ2) is 3.40. The van der Waals surface area contributed by atoms with Gasteiger partial charge in [-0.2, -0.15) is 0 Å². The van der Waals surface area contributed by atoms with Crippen LogP contribution in [0.1, 0.15) is 0 Å². The Labute approximate surface area is 109 Å². The third-order valence-electron chi connectivity index (χ3n) is 4.31. The van der Waals surface area contributed by atoms with Crippen molar-refractivity contribution in [3.05, 3.63) is 24.9 Å². The second-order valence-electron chi connectivity index (χ2n) is 5.05. The predicted molar refractivity (Wildman–Crippen MR) is 62.9 cm³/mol. The molecule has 6 nitrogen and oxygen atoms in total. The Morgan fingerprint density at radius 3 is 1.68 bits per heavy atom. The molecule has 0 aromatic rings. The number of amides is 4. The van der Waals surface area contributed by atoms with Crippen molar-refractivity contribution >= 4 is 23.6 Å². The van der Waals surface area contributed by atoms with Crippen molar-refractivity contribution in [1.82, 2.24) is 9.80 Å². The molecule has 1 aliphatic carbocycles. The SMILES string of the molecule is C=CC(=C)N1C(=O)C2C3C(=O)N(C)C(=O)C3C2C1=O. The Hall–Kier alpha value is -2.24. The first kappa shape index (κ1) is 11.8. The molecule has 0 spiro atoms. The fourth-order valence-electron chi connectivity index (χ4n) is 3.31. The van der Waals surface area contributed by atoms with Crippen LogP contribution in [0, 0.1) is 23.7 Å². The average Bonchev–Trinajstić information content (AvgIpc) is 2.64. The number of nitrogens with zero attached hydrogens (tertiary/aromatic N) is 2. The van der Waals surface area contributed by atoms with E-state index >= 15 is 0 Å². The normalized spacial score (nSPS) is 36.3. The molecular weight excluding hydrogens is 248 g/mol. The number of likely N-dealkylation sites (tertiary alicyclic amines) is 2. The lowest BCUT2D eigenvalue weighted by Crippen LogP contribution is -2.50. The lowest BCUT2D eigenvalue weighted by atomic mass is 9.59. The van der Waals surface area contributed by atoms with Gasteiger partial charge in [-0.15, -0.1) is 0 Å². The molecule has 1 saturated carbocycles. The average molecular weight is 260 g/mol. The number of rotatable bonds is 2. The van der Waals surface area contributed by atoms with Gasteiger partial charge in [0.25, 0.3) is 0 Å². The Kier molecular flexibility index (Phi) is 2.12. The highest BCUT2D eigenvalue weighted by atomic mass is 16.2. The third kappa shape index (κ3) is 1.11. The number of carbonyl (C=O) groups is 4. The van der Waals surface area contributed by atoms with E-state index in [4.69, 9.17) is 0 Å². The van der Waals surface area contributed by atoms with Crippen molar-refractivity contribution in [3.63, 3.8) is 0 Å². The minimum absolute atomic E-state index is 0.190. The zero-order valence-corrected chi connectivity index (χ0v) is 10.3. The smallest absolute Gasteiger partial charge is 0.238 e. The summed E-state index contributed by atoms with van der Waals surface area (Å²) in [5.41, 5.74) is 0.190. The molecule has 4 unspecified atom stereocenters. The largest absolute Gasteiger partial charge is 0.285 e. The van der Waals surface area contributed by atoms with Crippen molar-refractivity contribution in [1.29, 1.82) is 0 Å². The lowest BCUT2D eigenvalue weighted by molar-refractivity contribution is -0.146. The summed E-state index contributed by atoms with van der Waals surface area (Å²) in [5, 5.41) is 0. The van der Waals surface area contributed by atoms with Crippen molar-refractivity contribution in [2.75, 3.05) is 7.05 Å². The summed E-state index contributed by atoms with van der Waals surface area (Å²) in [6, 6.07) is 0. The summed E-state index contributed by atoms with van der Waals surface area (Å²) in [6.45, 7) is 7.06. The number of imide groups is 2. The van der Waals surface area contributed by atoms with Gasteiger partial charge >= 0.3 is 0 Å². The zero-order chi connectivity index (χ0) is 14.1. The van der Waals surface area contributed by atoms with Crippen LogP contribution in [-0.4, -0.2) is 40.5 Å². The fraction of sp³-hybridized carbons (Fsp3) is 0.385. The van der Waals surface area contributed by atoms with Crippen LogP contribution in [0.5, 0.6) is 0 Å². The molecule has 0 radical (unpaired) electrons. The van der Waals surface area contributed by atoms with Crippen LogP contribution >= 0.6 is 0 Å². The van der Waals surface area contributed by atoms with Crippen molar-refractivity contribution in [2.24, 2.45) is 23.7 Å². The van der Waals surface area contributed by atoms with Crippen LogP contribution in [0.4, 0.5) is 0 Å². The van der Waals surface area contributed by atoms with Crippen molar-refractivity contribution < 1.29 is 19.2 Å². The molecule has 0 bridgehead atoms. The minimum Gasteiger partial charge on any atom is -0.285 e. The number of hydrogen-bond donors (Lipinski definition) is 0. The van der Waals surface area contributed by atoms with E-state index in [0.717, 1.165) is 9.80 Å². The molecule has 0 aromatic heterocycles. The van der Waals surface area contributed by atoms with E-state index in [9.17, 15) is 19.2 Å². The minimum atomic E-state index is -0.712. The van der Waals surface area contributed by atoms with Gasteiger partial charge in [0.2, 0.25) is 23.6 Å². The predicted octanol–water partition coefficient (Wildman–Crippen LogP) is -0.468. The van der Waals surface area contributed by atoms with E-state index in [0.29, 0.717) is 0 Å². The van der Waals surface area contributed by atoms with Crippen LogP contribution in [0.3, 0.4) is 0 Å². The van der Waals surface area contributed by atoms with Crippen molar-refractivity contribution in [2.45, 2.75) is 0 Å². The van der Waals surface area contributed by atoms with Gasteiger partial charge in [-0.3, -0.25) is 29.0 Å². The molecule has 98 valence electrons. The van der Waals surface area contributed by atoms with Gasteiger partial charge in [-0.25, -0.2) is 0 Å². The second-order valence-corrected chi connectivity index (χ2v) is 5.05. The Morgan fingerprint density at radius 2 is 1.32 bits per heavy atom. The van der Waals surface area contributed by atoms with Crippen molar-refractivity contribution in [3.8, 4) is 0 Å². The molecule has 6 heteroatoms. The summed E-state index contributed by atoms with van der Waals surface area (Å²) in [5.74, 6) is -4.42. The Balaban J connectivity index is 2.00. The molecule has 3 aliphatic rings. The fourth-order valence-corrected chi connectivity index (χ4v) is 3.31. The highest BCUT2D eigenvalue weighted by Gasteiger charge is 2.73. The van der Waals surface area contributed by atoms with E-state index in [1.165, 1.54) is 13.1 Å². The monoisotopic (exact) mass is 260 g/mol. The topological polar surface area (TPSA) is 74.8 Å². The molecule has 4 atom stereocenters. The molecule has 2 saturated heterocycles. The summed E-state index contributed by atoms with van der Waals surface area (Å²) >= 11 is 0. The van der Waals surface area contributed by atoms with E-state index < -0.39 is 35.5 Å².